The first-order valence-corrected chi connectivity index (χ1v) is 8.65. The summed E-state index contributed by atoms with van der Waals surface area (Å²) in [7, 11) is 0. The van der Waals surface area contributed by atoms with E-state index in [2.05, 4.69) is 20.1 Å². The Balaban J connectivity index is 0. The summed E-state index contributed by atoms with van der Waals surface area (Å²) in [6.07, 6.45) is 21.3. The fourth-order valence-corrected chi connectivity index (χ4v) is 2.13. The highest BCUT2D eigenvalue weighted by molar-refractivity contribution is 5.78. The van der Waals surface area contributed by atoms with Gasteiger partial charge in [0, 0.05) is 6.08 Å². The fourth-order valence-electron chi connectivity index (χ4n) is 2.13. The van der Waals surface area contributed by atoms with Crippen LogP contribution in [-0.2, 0) is 4.79 Å². The topological polar surface area (TPSA) is 37.3 Å². The molecule has 0 bridgehead atoms. The molecule has 0 aromatic rings. The Hall–Kier alpha value is -1.05. The van der Waals surface area contributed by atoms with Crippen molar-refractivity contribution >= 4 is 5.97 Å². The normalized spacial score (nSPS) is 9.57. The highest BCUT2D eigenvalue weighted by Gasteiger charge is 1.92. The maximum atomic E-state index is 9.25. The lowest BCUT2D eigenvalue weighted by Crippen LogP contribution is -1.82. The van der Waals surface area contributed by atoms with E-state index in [1.807, 2.05) is 6.08 Å². The molecule has 0 aliphatic carbocycles. The first-order chi connectivity index (χ1) is 10.2. The molecule has 0 radical (unpaired) electrons. The molecular weight excluding hydrogens is 260 g/mol. The van der Waals surface area contributed by atoms with Crippen LogP contribution >= 0.6 is 0 Å². The molecule has 0 saturated heterocycles. The second kappa shape index (κ2) is 21.3. The molecular formula is C19H36O2. The molecule has 0 heterocycles. The Kier molecular flexibility index (Phi) is 22.5. The van der Waals surface area contributed by atoms with Crippen LogP contribution in [0.1, 0.15) is 90.4 Å². The largest absolute Gasteiger partial charge is 0.478 e. The Morgan fingerprint density at radius 3 is 1.43 bits per heavy atom. The molecule has 1 N–H and O–H groups in total. The first kappa shape index (κ1) is 22.2. The number of hydrogen-bond donors (Lipinski definition) is 1. The highest BCUT2D eigenvalue weighted by Crippen LogP contribution is 2.12. The third kappa shape index (κ3) is 28.0. The van der Waals surface area contributed by atoms with Crippen LogP contribution in [0.25, 0.3) is 0 Å². The van der Waals surface area contributed by atoms with Crippen LogP contribution in [0.4, 0.5) is 0 Å². The van der Waals surface area contributed by atoms with Crippen LogP contribution in [0.2, 0.25) is 0 Å². The van der Waals surface area contributed by atoms with Crippen molar-refractivity contribution in [3.8, 4) is 0 Å². The molecule has 2 heteroatoms. The standard InChI is InChI=1S/C16H32.C3H4O2/c1-3-5-7-9-11-13-15-16-14-12-10-8-6-4-2;1-2-3(4)5/h3H,1,4-16H2,2H3;2H,1H2,(H,4,5). The van der Waals surface area contributed by atoms with Crippen molar-refractivity contribution in [2.75, 3.05) is 0 Å². The quantitative estimate of drug-likeness (QED) is 0.225. The molecule has 0 rings (SSSR count). The van der Waals surface area contributed by atoms with E-state index >= 15 is 0 Å². The van der Waals surface area contributed by atoms with Gasteiger partial charge in [-0.25, -0.2) is 4.79 Å². The molecule has 0 aliphatic heterocycles. The SMILES string of the molecule is C=CC(=O)O.C=CCCCCCCCCCCCCCC. The Morgan fingerprint density at radius 1 is 0.810 bits per heavy atom. The maximum absolute atomic E-state index is 9.25. The van der Waals surface area contributed by atoms with Crippen molar-refractivity contribution in [1.82, 2.24) is 0 Å². The van der Waals surface area contributed by atoms with E-state index in [0.29, 0.717) is 0 Å². The van der Waals surface area contributed by atoms with Gasteiger partial charge in [0.1, 0.15) is 0 Å². The smallest absolute Gasteiger partial charge is 0.327 e. The van der Waals surface area contributed by atoms with E-state index in [1.54, 1.807) is 0 Å². The minimum absolute atomic E-state index is 0.833. The number of carbonyl (C=O) groups is 1. The van der Waals surface area contributed by atoms with E-state index in [-0.39, 0.29) is 0 Å². The van der Waals surface area contributed by atoms with Gasteiger partial charge in [0.25, 0.3) is 0 Å². The van der Waals surface area contributed by atoms with Crippen LogP contribution in [0.15, 0.2) is 25.3 Å². The third-order valence-electron chi connectivity index (χ3n) is 3.44. The van der Waals surface area contributed by atoms with Gasteiger partial charge in [-0.1, -0.05) is 90.2 Å². The van der Waals surface area contributed by atoms with Crippen molar-refractivity contribution in [3.05, 3.63) is 25.3 Å². The number of carboxylic acid groups (broad SMARTS) is 1. The zero-order chi connectivity index (χ0) is 16.2. The lowest BCUT2D eigenvalue weighted by Gasteiger charge is -2.02. The summed E-state index contributed by atoms with van der Waals surface area (Å²) < 4.78 is 0. The van der Waals surface area contributed by atoms with Gasteiger partial charge in [-0.15, -0.1) is 6.58 Å². The predicted molar refractivity (Wildman–Crippen MR) is 93.7 cm³/mol. The van der Waals surface area contributed by atoms with Crippen LogP contribution in [0, 0.1) is 0 Å². The average molecular weight is 296 g/mol. The second-order valence-electron chi connectivity index (χ2n) is 5.51. The minimum atomic E-state index is -0.981. The summed E-state index contributed by atoms with van der Waals surface area (Å²) >= 11 is 0. The van der Waals surface area contributed by atoms with Gasteiger partial charge in [-0.3, -0.25) is 0 Å². The molecule has 0 spiro atoms. The summed E-state index contributed by atoms with van der Waals surface area (Å²) in [5.74, 6) is -0.981. The summed E-state index contributed by atoms with van der Waals surface area (Å²) in [5, 5.41) is 7.60. The van der Waals surface area contributed by atoms with Gasteiger partial charge in [0.15, 0.2) is 0 Å². The molecule has 21 heavy (non-hydrogen) atoms. The van der Waals surface area contributed by atoms with Crippen molar-refractivity contribution in [1.29, 1.82) is 0 Å². The molecule has 2 nitrogen and oxygen atoms in total. The Bertz CT molecular complexity index is 234. The molecule has 0 unspecified atom stereocenters. The lowest BCUT2D eigenvalue weighted by atomic mass is 10.0. The van der Waals surface area contributed by atoms with E-state index < -0.39 is 5.97 Å². The van der Waals surface area contributed by atoms with Crippen molar-refractivity contribution in [2.24, 2.45) is 0 Å². The van der Waals surface area contributed by atoms with Gasteiger partial charge in [-0.2, -0.15) is 0 Å². The van der Waals surface area contributed by atoms with Crippen molar-refractivity contribution in [2.45, 2.75) is 90.4 Å². The summed E-state index contributed by atoms with van der Waals surface area (Å²) in [6, 6.07) is 0. The van der Waals surface area contributed by atoms with E-state index in [4.69, 9.17) is 5.11 Å². The van der Waals surface area contributed by atoms with Crippen molar-refractivity contribution in [3.63, 3.8) is 0 Å². The second-order valence-corrected chi connectivity index (χ2v) is 5.51. The maximum Gasteiger partial charge on any atom is 0.327 e. The first-order valence-electron chi connectivity index (χ1n) is 8.65. The Labute approximate surface area is 132 Å². The number of hydrogen-bond acceptors (Lipinski definition) is 1. The minimum Gasteiger partial charge on any atom is -0.478 e. The fraction of sp³-hybridized carbons (Fsp3) is 0.737. The van der Waals surface area contributed by atoms with E-state index in [9.17, 15) is 4.79 Å². The van der Waals surface area contributed by atoms with Crippen LogP contribution in [0.5, 0.6) is 0 Å². The van der Waals surface area contributed by atoms with Crippen LogP contribution < -0.4 is 0 Å². The zero-order valence-corrected chi connectivity index (χ0v) is 14.1. The molecule has 0 fully saturated rings. The molecule has 0 atom stereocenters. The molecule has 0 amide bonds. The third-order valence-corrected chi connectivity index (χ3v) is 3.44. The van der Waals surface area contributed by atoms with Gasteiger partial charge < -0.3 is 5.11 Å². The van der Waals surface area contributed by atoms with Crippen LogP contribution in [0.3, 0.4) is 0 Å². The summed E-state index contributed by atoms with van der Waals surface area (Å²) in [4.78, 5) is 9.25. The number of unbranched alkanes of at least 4 members (excludes halogenated alkanes) is 12. The Morgan fingerprint density at radius 2 is 1.14 bits per heavy atom. The van der Waals surface area contributed by atoms with Crippen molar-refractivity contribution < 1.29 is 9.90 Å². The molecule has 0 aromatic heterocycles. The number of aliphatic carboxylic acids is 1. The van der Waals surface area contributed by atoms with E-state index in [1.165, 1.54) is 83.5 Å². The van der Waals surface area contributed by atoms with Gasteiger partial charge in [-0.05, 0) is 12.8 Å². The summed E-state index contributed by atoms with van der Waals surface area (Å²) in [6.45, 7) is 8.99. The number of rotatable bonds is 14. The van der Waals surface area contributed by atoms with Gasteiger partial charge >= 0.3 is 5.97 Å². The van der Waals surface area contributed by atoms with E-state index in [0.717, 1.165) is 6.08 Å². The molecule has 124 valence electrons. The molecule has 0 aliphatic rings. The lowest BCUT2D eigenvalue weighted by molar-refractivity contribution is -0.131. The van der Waals surface area contributed by atoms with Gasteiger partial charge in [0.2, 0.25) is 0 Å². The molecule has 0 saturated carbocycles. The van der Waals surface area contributed by atoms with Crippen LogP contribution in [-0.4, -0.2) is 11.1 Å². The summed E-state index contributed by atoms with van der Waals surface area (Å²) in [5.41, 5.74) is 0. The van der Waals surface area contributed by atoms with Gasteiger partial charge in [0.05, 0.1) is 0 Å². The number of carboxylic acids is 1. The average Bonchev–Trinajstić information content (AvgIpc) is 2.49. The molecule has 0 aromatic carbocycles. The predicted octanol–water partition coefficient (Wildman–Crippen LogP) is 6.52. The monoisotopic (exact) mass is 296 g/mol. The highest BCUT2D eigenvalue weighted by atomic mass is 16.4. The zero-order valence-electron chi connectivity index (χ0n) is 14.1. The number of allylic oxidation sites excluding steroid dienone is 1.